The number of carbonyl (C=O) groups is 1. The van der Waals surface area contributed by atoms with Crippen LogP contribution in [-0.4, -0.2) is 53.5 Å². The lowest BCUT2D eigenvalue weighted by Crippen LogP contribution is -2.43. The van der Waals surface area contributed by atoms with Crippen LogP contribution in [0.15, 0.2) is 54.6 Å². The molecule has 0 atom stereocenters. The van der Waals surface area contributed by atoms with E-state index in [1.165, 1.54) is 31.5 Å². The van der Waals surface area contributed by atoms with Gasteiger partial charge in [-0.2, -0.15) is 0 Å². The van der Waals surface area contributed by atoms with Gasteiger partial charge in [-0.3, -0.25) is 4.79 Å². The zero-order chi connectivity index (χ0) is 20.1. The Labute approximate surface area is 174 Å². The SMILES string of the molecule is O=C(c1ccc(O)cc1)N1CCC(C2CCN(CCc3ccccc3)CC2)CC1. The number of benzene rings is 2. The fourth-order valence-corrected chi connectivity index (χ4v) is 4.94. The molecule has 154 valence electrons. The van der Waals surface area contributed by atoms with Crippen molar-refractivity contribution in [2.45, 2.75) is 32.1 Å². The van der Waals surface area contributed by atoms with Crippen molar-refractivity contribution in [3.63, 3.8) is 0 Å². The minimum atomic E-state index is 0.0965. The molecule has 0 unspecified atom stereocenters. The summed E-state index contributed by atoms with van der Waals surface area (Å²) in [6.07, 6.45) is 5.98. The molecule has 2 aliphatic rings. The molecule has 2 aromatic rings. The highest BCUT2D eigenvalue weighted by Gasteiger charge is 2.31. The van der Waals surface area contributed by atoms with Gasteiger partial charge in [0.15, 0.2) is 0 Å². The first-order chi connectivity index (χ1) is 14.2. The average Bonchev–Trinajstić information content (AvgIpc) is 2.79. The normalized spacial score (nSPS) is 19.4. The predicted molar refractivity (Wildman–Crippen MR) is 116 cm³/mol. The molecule has 4 nitrogen and oxygen atoms in total. The molecule has 0 radical (unpaired) electrons. The second-order valence-corrected chi connectivity index (χ2v) is 8.59. The third-order valence-corrected chi connectivity index (χ3v) is 6.80. The van der Waals surface area contributed by atoms with E-state index in [0.29, 0.717) is 5.56 Å². The quantitative estimate of drug-likeness (QED) is 0.829. The second kappa shape index (κ2) is 9.45. The Kier molecular flexibility index (Phi) is 6.50. The predicted octanol–water partition coefficient (Wildman–Crippen LogP) is 4.20. The number of phenolic OH excluding ortho intramolecular Hbond substituents is 1. The van der Waals surface area contributed by atoms with Crippen molar-refractivity contribution in [2.75, 3.05) is 32.7 Å². The lowest BCUT2D eigenvalue weighted by atomic mass is 9.78. The maximum atomic E-state index is 12.7. The summed E-state index contributed by atoms with van der Waals surface area (Å²) in [5.41, 5.74) is 2.10. The Morgan fingerprint density at radius 3 is 2.03 bits per heavy atom. The van der Waals surface area contributed by atoms with Gasteiger partial charge >= 0.3 is 0 Å². The minimum Gasteiger partial charge on any atom is -0.508 e. The molecule has 0 bridgehead atoms. The van der Waals surface area contributed by atoms with Crippen LogP contribution >= 0.6 is 0 Å². The Morgan fingerprint density at radius 2 is 1.41 bits per heavy atom. The van der Waals surface area contributed by atoms with Crippen molar-refractivity contribution in [1.29, 1.82) is 0 Å². The van der Waals surface area contributed by atoms with Gasteiger partial charge in [0.05, 0.1) is 0 Å². The third-order valence-electron chi connectivity index (χ3n) is 6.80. The fraction of sp³-hybridized carbons (Fsp3) is 0.480. The molecule has 2 saturated heterocycles. The number of hydrogen-bond donors (Lipinski definition) is 1. The summed E-state index contributed by atoms with van der Waals surface area (Å²) >= 11 is 0. The van der Waals surface area contributed by atoms with Crippen LogP contribution in [0, 0.1) is 11.8 Å². The maximum absolute atomic E-state index is 12.7. The number of rotatable bonds is 5. The fourth-order valence-electron chi connectivity index (χ4n) is 4.94. The Morgan fingerprint density at radius 1 is 0.828 bits per heavy atom. The highest BCUT2D eigenvalue weighted by molar-refractivity contribution is 5.94. The van der Waals surface area contributed by atoms with Crippen LogP contribution in [-0.2, 0) is 6.42 Å². The van der Waals surface area contributed by atoms with Crippen molar-refractivity contribution in [3.05, 3.63) is 65.7 Å². The summed E-state index contributed by atoms with van der Waals surface area (Å²) < 4.78 is 0. The molecule has 4 rings (SSSR count). The summed E-state index contributed by atoms with van der Waals surface area (Å²) in [5, 5.41) is 9.41. The highest BCUT2D eigenvalue weighted by atomic mass is 16.3. The smallest absolute Gasteiger partial charge is 0.253 e. The third kappa shape index (κ3) is 5.18. The number of piperidine rings is 2. The van der Waals surface area contributed by atoms with E-state index in [4.69, 9.17) is 0 Å². The van der Waals surface area contributed by atoms with E-state index in [2.05, 4.69) is 35.2 Å². The summed E-state index contributed by atoms with van der Waals surface area (Å²) in [6, 6.07) is 17.4. The number of carbonyl (C=O) groups excluding carboxylic acids is 1. The highest BCUT2D eigenvalue weighted by Crippen LogP contribution is 2.33. The first kappa shape index (κ1) is 20.0. The summed E-state index contributed by atoms with van der Waals surface area (Å²) in [5.74, 6) is 1.87. The monoisotopic (exact) mass is 392 g/mol. The molecule has 1 amide bonds. The molecule has 4 heteroatoms. The van der Waals surface area contributed by atoms with Gasteiger partial charge in [0, 0.05) is 25.2 Å². The molecule has 0 aliphatic carbocycles. The van der Waals surface area contributed by atoms with Crippen LogP contribution in [0.1, 0.15) is 41.6 Å². The van der Waals surface area contributed by atoms with Crippen molar-refractivity contribution < 1.29 is 9.90 Å². The van der Waals surface area contributed by atoms with Crippen molar-refractivity contribution in [3.8, 4) is 5.75 Å². The Balaban J connectivity index is 1.20. The molecule has 2 fully saturated rings. The van der Waals surface area contributed by atoms with Crippen LogP contribution in [0.2, 0.25) is 0 Å². The molecule has 0 saturated carbocycles. The number of hydrogen-bond acceptors (Lipinski definition) is 3. The maximum Gasteiger partial charge on any atom is 0.253 e. The second-order valence-electron chi connectivity index (χ2n) is 8.59. The van der Waals surface area contributed by atoms with E-state index in [1.54, 1.807) is 24.3 Å². The zero-order valence-electron chi connectivity index (χ0n) is 17.2. The molecule has 2 aliphatic heterocycles. The van der Waals surface area contributed by atoms with Crippen LogP contribution in [0.25, 0.3) is 0 Å². The number of nitrogens with zero attached hydrogens (tertiary/aromatic N) is 2. The lowest BCUT2D eigenvalue weighted by molar-refractivity contribution is 0.0604. The van der Waals surface area contributed by atoms with Crippen LogP contribution < -0.4 is 0 Å². The zero-order valence-corrected chi connectivity index (χ0v) is 17.2. The standard InChI is InChI=1S/C25H32N2O2/c28-24-8-6-23(7-9-24)25(29)27-18-13-22(14-19-27)21-11-16-26(17-12-21)15-10-20-4-2-1-3-5-20/h1-9,21-22,28H,10-19H2. The van der Waals surface area contributed by atoms with Gasteiger partial charge in [0.1, 0.15) is 5.75 Å². The molecule has 1 N–H and O–H groups in total. The molecule has 0 spiro atoms. The van der Waals surface area contributed by atoms with Gasteiger partial charge in [0.2, 0.25) is 0 Å². The first-order valence-electron chi connectivity index (χ1n) is 11.0. The van der Waals surface area contributed by atoms with E-state index < -0.39 is 0 Å². The van der Waals surface area contributed by atoms with Crippen molar-refractivity contribution in [1.82, 2.24) is 9.80 Å². The van der Waals surface area contributed by atoms with Crippen LogP contribution in [0.5, 0.6) is 5.75 Å². The Bertz CT molecular complexity index is 774. The molecular weight excluding hydrogens is 360 g/mol. The van der Waals surface area contributed by atoms with E-state index in [1.807, 2.05) is 4.90 Å². The van der Waals surface area contributed by atoms with Gasteiger partial charge in [-0.1, -0.05) is 30.3 Å². The van der Waals surface area contributed by atoms with Gasteiger partial charge in [-0.05, 0) is 86.9 Å². The van der Waals surface area contributed by atoms with E-state index in [9.17, 15) is 9.90 Å². The van der Waals surface area contributed by atoms with Gasteiger partial charge < -0.3 is 14.9 Å². The number of phenols is 1. The summed E-state index contributed by atoms with van der Waals surface area (Å²) in [6.45, 7) is 5.31. The van der Waals surface area contributed by atoms with Crippen LogP contribution in [0.3, 0.4) is 0 Å². The molecular formula is C25H32N2O2. The number of likely N-dealkylation sites (tertiary alicyclic amines) is 2. The first-order valence-corrected chi connectivity index (χ1v) is 11.0. The van der Waals surface area contributed by atoms with E-state index in [-0.39, 0.29) is 11.7 Å². The average molecular weight is 393 g/mol. The molecule has 2 aromatic carbocycles. The molecule has 29 heavy (non-hydrogen) atoms. The van der Waals surface area contributed by atoms with Crippen molar-refractivity contribution >= 4 is 5.91 Å². The lowest BCUT2D eigenvalue weighted by Gasteiger charge is -2.40. The molecule has 0 aromatic heterocycles. The van der Waals surface area contributed by atoms with E-state index >= 15 is 0 Å². The van der Waals surface area contributed by atoms with Gasteiger partial charge in [-0.15, -0.1) is 0 Å². The van der Waals surface area contributed by atoms with Gasteiger partial charge in [-0.25, -0.2) is 0 Å². The summed E-state index contributed by atoms with van der Waals surface area (Å²) in [4.78, 5) is 17.3. The Hall–Kier alpha value is -2.33. The van der Waals surface area contributed by atoms with E-state index in [0.717, 1.165) is 50.7 Å². The van der Waals surface area contributed by atoms with Gasteiger partial charge in [0.25, 0.3) is 5.91 Å². The number of amides is 1. The topological polar surface area (TPSA) is 43.8 Å². The largest absolute Gasteiger partial charge is 0.508 e. The summed E-state index contributed by atoms with van der Waals surface area (Å²) in [7, 11) is 0. The molecule has 2 heterocycles. The number of aromatic hydroxyl groups is 1. The van der Waals surface area contributed by atoms with Crippen molar-refractivity contribution in [2.24, 2.45) is 11.8 Å². The minimum absolute atomic E-state index is 0.0965. The van der Waals surface area contributed by atoms with Crippen LogP contribution in [0.4, 0.5) is 0 Å².